The van der Waals surface area contributed by atoms with E-state index in [-0.39, 0.29) is 11.5 Å². The number of hydrogen-bond acceptors (Lipinski definition) is 3. The van der Waals surface area contributed by atoms with Gasteiger partial charge in [0.2, 0.25) is 0 Å². The lowest BCUT2D eigenvalue weighted by atomic mass is 10.1. The van der Waals surface area contributed by atoms with Crippen LogP contribution in [0.25, 0.3) is 27.8 Å². The predicted molar refractivity (Wildman–Crippen MR) is 86.2 cm³/mol. The standard InChI is InChI=1S/C17H12F3N5/c1-10-22-8-14(17(18,19)20)16(24-10)13-7-23-15-6-11(2-3-12(13)15)25-5-4-21-9-25/h2-9,23H,1H3. The van der Waals surface area contributed by atoms with Crippen molar-refractivity contribution in [2.45, 2.75) is 13.1 Å². The van der Waals surface area contributed by atoms with Crippen LogP contribution in [-0.2, 0) is 6.18 Å². The summed E-state index contributed by atoms with van der Waals surface area (Å²) < 4.78 is 41.8. The molecule has 3 aromatic heterocycles. The Morgan fingerprint density at radius 2 is 2.04 bits per heavy atom. The number of nitrogens with one attached hydrogen (secondary N) is 1. The first kappa shape index (κ1) is 15.4. The third kappa shape index (κ3) is 2.65. The predicted octanol–water partition coefficient (Wildman–Crippen LogP) is 4.14. The van der Waals surface area contributed by atoms with Crippen LogP contribution in [0.3, 0.4) is 0 Å². The minimum Gasteiger partial charge on any atom is -0.360 e. The van der Waals surface area contributed by atoms with E-state index in [1.165, 1.54) is 0 Å². The maximum Gasteiger partial charge on any atom is 0.419 e. The van der Waals surface area contributed by atoms with Crippen LogP contribution < -0.4 is 0 Å². The van der Waals surface area contributed by atoms with Gasteiger partial charge in [-0.25, -0.2) is 15.0 Å². The van der Waals surface area contributed by atoms with Crippen LogP contribution >= 0.6 is 0 Å². The minimum atomic E-state index is -4.52. The highest BCUT2D eigenvalue weighted by atomic mass is 19.4. The summed E-state index contributed by atoms with van der Waals surface area (Å²) in [6.07, 6.45) is 2.95. The van der Waals surface area contributed by atoms with Crippen molar-refractivity contribution < 1.29 is 13.2 Å². The van der Waals surface area contributed by atoms with E-state index in [9.17, 15) is 13.2 Å². The fraction of sp³-hybridized carbons (Fsp3) is 0.118. The molecule has 0 aliphatic carbocycles. The second kappa shape index (κ2) is 5.44. The van der Waals surface area contributed by atoms with Gasteiger partial charge in [-0.15, -0.1) is 0 Å². The molecule has 0 saturated heterocycles. The van der Waals surface area contributed by atoms with Gasteiger partial charge in [0.15, 0.2) is 0 Å². The summed E-state index contributed by atoms with van der Waals surface area (Å²) in [5.41, 5.74) is 0.989. The minimum absolute atomic E-state index is 0.123. The van der Waals surface area contributed by atoms with E-state index in [0.29, 0.717) is 16.5 Å². The van der Waals surface area contributed by atoms with E-state index in [1.807, 2.05) is 16.7 Å². The summed E-state index contributed by atoms with van der Waals surface area (Å²) in [5.74, 6) is 0.285. The van der Waals surface area contributed by atoms with E-state index in [0.717, 1.165) is 11.9 Å². The number of H-pyrrole nitrogens is 1. The van der Waals surface area contributed by atoms with Gasteiger partial charge >= 0.3 is 6.18 Å². The summed E-state index contributed by atoms with van der Waals surface area (Å²) in [6.45, 7) is 1.57. The Balaban J connectivity index is 1.90. The smallest absolute Gasteiger partial charge is 0.360 e. The Hall–Kier alpha value is -3.16. The van der Waals surface area contributed by atoms with E-state index < -0.39 is 11.7 Å². The lowest BCUT2D eigenvalue weighted by Gasteiger charge is -2.11. The first-order valence-corrected chi connectivity index (χ1v) is 7.44. The van der Waals surface area contributed by atoms with Gasteiger partial charge in [0.05, 0.1) is 12.0 Å². The molecule has 4 rings (SSSR count). The van der Waals surface area contributed by atoms with Gasteiger partial charge in [-0.05, 0) is 19.1 Å². The van der Waals surface area contributed by atoms with Crippen LogP contribution in [0.1, 0.15) is 11.4 Å². The van der Waals surface area contributed by atoms with E-state index in [4.69, 9.17) is 0 Å². The number of hydrogen-bond donors (Lipinski definition) is 1. The van der Waals surface area contributed by atoms with Crippen molar-refractivity contribution in [1.29, 1.82) is 0 Å². The molecule has 0 fully saturated rings. The quantitative estimate of drug-likeness (QED) is 0.595. The average molecular weight is 343 g/mol. The summed E-state index contributed by atoms with van der Waals surface area (Å²) in [6, 6.07) is 5.44. The summed E-state index contributed by atoms with van der Waals surface area (Å²) in [5, 5.41) is 0.660. The number of imidazole rings is 1. The van der Waals surface area contributed by atoms with Crippen LogP contribution in [0.4, 0.5) is 13.2 Å². The van der Waals surface area contributed by atoms with Crippen LogP contribution in [-0.4, -0.2) is 24.5 Å². The van der Waals surface area contributed by atoms with Gasteiger partial charge in [0.1, 0.15) is 11.4 Å². The number of fused-ring (bicyclic) bond motifs is 1. The normalized spacial score (nSPS) is 12.0. The Kier molecular flexibility index (Phi) is 3.34. The van der Waals surface area contributed by atoms with Gasteiger partial charge in [-0.3, -0.25) is 0 Å². The largest absolute Gasteiger partial charge is 0.419 e. The van der Waals surface area contributed by atoms with Crippen molar-refractivity contribution >= 4 is 10.9 Å². The molecular weight excluding hydrogens is 331 g/mol. The second-order valence-electron chi connectivity index (χ2n) is 5.58. The van der Waals surface area contributed by atoms with Gasteiger partial charge in [0, 0.05) is 46.9 Å². The highest BCUT2D eigenvalue weighted by Gasteiger charge is 2.35. The zero-order chi connectivity index (χ0) is 17.6. The molecule has 1 aromatic carbocycles. The molecule has 0 aliphatic heterocycles. The number of alkyl halides is 3. The SMILES string of the molecule is Cc1ncc(C(F)(F)F)c(-c2c[nH]c3cc(-n4ccnc4)ccc23)n1. The van der Waals surface area contributed by atoms with Crippen molar-refractivity contribution in [3.63, 3.8) is 0 Å². The number of benzene rings is 1. The molecule has 0 aliphatic rings. The van der Waals surface area contributed by atoms with Crippen LogP contribution in [0, 0.1) is 6.92 Å². The molecule has 4 aromatic rings. The summed E-state index contributed by atoms with van der Waals surface area (Å²) in [7, 11) is 0. The molecule has 3 heterocycles. The molecule has 0 radical (unpaired) electrons. The third-order valence-electron chi connectivity index (χ3n) is 3.94. The highest BCUT2D eigenvalue weighted by Crippen LogP contribution is 2.38. The summed E-state index contributed by atoms with van der Waals surface area (Å²) in [4.78, 5) is 14.7. The van der Waals surface area contributed by atoms with Crippen LogP contribution in [0.15, 0.2) is 49.3 Å². The van der Waals surface area contributed by atoms with Gasteiger partial charge < -0.3 is 9.55 Å². The Labute approximate surface area is 140 Å². The van der Waals surface area contributed by atoms with E-state index in [2.05, 4.69) is 19.9 Å². The maximum absolute atomic E-state index is 13.3. The molecule has 1 N–H and O–H groups in total. The number of aromatic nitrogens is 5. The Bertz CT molecular complexity index is 1050. The maximum atomic E-state index is 13.3. The Morgan fingerprint density at radius 1 is 1.20 bits per heavy atom. The molecule has 126 valence electrons. The fourth-order valence-corrected chi connectivity index (χ4v) is 2.77. The molecule has 5 nitrogen and oxygen atoms in total. The van der Waals surface area contributed by atoms with E-state index in [1.54, 1.807) is 37.9 Å². The van der Waals surface area contributed by atoms with Crippen LogP contribution in [0.2, 0.25) is 0 Å². The molecule has 0 amide bonds. The lowest BCUT2D eigenvalue weighted by molar-refractivity contribution is -0.137. The second-order valence-corrected chi connectivity index (χ2v) is 5.58. The number of rotatable bonds is 2. The van der Waals surface area contributed by atoms with Crippen molar-refractivity contribution in [2.75, 3.05) is 0 Å². The monoisotopic (exact) mass is 343 g/mol. The third-order valence-corrected chi connectivity index (χ3v) is 3.94. The molecule has 0 bridgehead atoms. The van der Waals surface area contributed by atoms with Gasteiger partial charge in [-0.2, -0.15) is 13.2 Å². The average Bonchev–Trinajstić information content (AvgIpc) is 3.22. The number of aromatic amines is 1. The van der Waals surface area contributed by atoms with Crippen LogP contribution in [0.5, 0.6) is 0 Å². The van der Waals surface area contributed by atoms with Gasteiger partial charge in [0.25, 0.3) is 0 Å². The van der Waals surface area contributed by atoms with E-state index >= 15 is 0 Å². The number of aryl methyl sites for hydroxylation is 1. The fourth-order valence-electron chi connectivity index (χ4n) is 2.77. The molecule has 0 unspecified atom stereocenters. The molecule has 25 heavy (non-hydrogen) atoms. The Morgan fingerprint density at radius 3 is 2.76 bits per heavy atom. The molecule has 0 spiro atoms. The number of halogens is 3. The molecular formula is C17H12F3N5. The zero-order valence-electron chi connectivity index (χ0n) is 13.0. The molecule has 8 heteroatoms. The van der Waals surface area contributed by atoms with Crippen molar-refractivity contribution in [3.05, 3.63) is 60.7 Å². The summed E-state index contributed by atoms with van der Waals surface area (Å²) >= 11 is 0. The first-order valence-electron chi connectivity index (χ1n) is 7.44. The van der Waals surface area contributed by atoms with Crippen molar-refractivity contribution in [1.82, 2.24) is 24.5 Å². The van der Waals surface area contributed by atoms with Crippen molar-refractivity contribution in [2.24, 2.45) is 0 Å². The van der Waals surface area contributed by atoms with Gasteiger partial charge in [-0.1, -0.05) is 6.07 Å². The highest BCUT2D eigenvalue weighted by molar-refractivity contribution is 5.96. The number of nitrogens with zero attached hydrogens (tertiary/aromatic N) is 4. The van der Waals surface area contributed by atoms with Crippen molar-refractivity contribution in [3.8, 4) is 16.9 Å². The lowest BCUT2D eigenvalue weighted by Crippen LogP contribution is -2.10. The zero-order valence-corrected chi connectivity index (χ0v) is 13.0. The molecule has 0 atom stereocenters. The molecule has 0 saturated carbocycles. The first-order chi connectivity index (χ1) is 11.9. The topological polar surface area (TPSA) is 59.4 Å².